The third kappa shape index (κ3) is 3.53. The lowest BCUT2D eigenvalue weighted by Crippen LogP contribution is -2.20. The molecule has 1 unspecified atom stereocenters. The maximum absolute atomic E-state index is 10.7. The fourth-order valence-electron chi connectivity index (χ4n) is 1.53. The predicted octanol–water partition coefficient (Wildman–Crippen LogP) is 2.68. The van der Waals surface area contributed by atoms with E-state index in [1.807, 2.05) is 38.1 Å². The molecule has 0 saturated heterocycles. The van der Waals surface area contributed by atoms with Gasteiger partial charge >= 0.3 is 0 Å². The van der Waals surface area contributed by atoms with Crippen molar-refractivity contribution < 1.29 is 9.66 Å². The summed E-state index contributed by atoms with van der Waals surface area (Å²) in [6, 6.07) is 6.99. The van der Waals surface area contributed by atoms with E-state index < -0.39 is 6.04 Å². The summed E-state index contributed by atoms with van der Waals surface area (Å²) in [5, 5.41) is 10.7. The highest BCUT2D eigenvalue weighted by Crippen LogP contribution is 2.14. The van der Waals surface area contributed by atoms with Gasteiger partial charge in [-0.15, -0.1) is 0 Å². The smallest absolute Gasteiger partial charge is 0.216 e. The maximum atomic E-state index is 10.7. The highest BCUT2D eigenvalue weighted by Gasteiger charge is 2.17. The Morgan fingerprint density at radius 3 is 2.38 bits per heavy atom. The van der Waals surface area contributed by atoms with Crippen molar-refractivity contribution in [3.8, 4) is 5.75 Å². The molecule has 0 N–H and O–H groups in total. The third-order valence-corrected chi connectivity index (χ3v) is 2.48. The molecule has 0 bridgehead atoms. The Hall–Kier alpha value is -1.58. The summed E-state index contributed by atoms with van der Waals surface area (Å²) >= 11 is 0. The van der Waals surface area contributed by atoms with E-state index in [9.17, 15) is 10.1 Å². The minimum atomic E-state index is -0.488. The molecule has 0 heterocycles. The lowest BCUT2D eigenvalue weighted by Gasteiger charge is -2.08. The van der Waals surface area contributed by atoms with Crippen LogP contribution >= 0.6 is 0 Å². The van der Waals surface area contributed by atoms with E-state index >= 15 is 0 Å². The monoisotopic (exact) mass is 223 g/mol. The van der Waals surface area contributed by atoms with Crippen molar-refractivity contribution in [2.45, 2.75) is 32.7 Å². The molecule has 1 aromatic carbocycles. The van der Waals surface area contributed by atoms with Crippen LogP contribution in [0.5, 0.6) is 5.75 Å². The molecule has 1 rings (SSSR count). The Balaban J connectivity index is 2.63. The first-order chi connectivity index (χ1) is 7.67. The van der Waals surface area contributed by atoms with E-state index in [1.165, 1.54) is 0 Å². The number of ether oxygens (including phenoxy) is 1. The first-order valence-corrected chi connectivity index (χ1v) is 5.52. The second-order valence-electron chi connectivity index (χ2n) is 3.63. The lowest BCUT2D eigenvalue weighted by atomic mass is 10.0. The number of nitro groups is 1. The molecule has 0 fully saturated rings. The largest absolute Gasteiger partial charge is 0.494 e. The summed E-state index contributed by atoms with van der Waals surface area (Å²) in [4.78, 5) is 10.5. The maximum Gasteiger partial charge on any atom is 0.216 e. The zero-order chi connectivity index (χ0) is 12.0. The fourth-order valence-corrected chi connectivity index (χ4v) is 1.53. The van der Waals surface area contributed by atoms with E-state index in [0.29, 0.717) is 19.4 Å². The normalized spacial score (nSPS) is 12.1. The summed E-state index contributed by atoms with van der Waals surface area (Å²) in [7, 11) is 0. The highest BCUT2D eigenvalue weighted by molar-refractivity contribution is 5.27. The zero-order valence-electron chi connectivity index (χ0n) is 9.68. The quantitative estimate of drug-likeness (QED) is 0.550. The van der Waals surface area contributed by atoms with Crippen LogP contribution in [-0.2, 0) is 6.42 Å². The summed E-state index contributed by atoms with van der Waals surface area (Å²) in [6.45, 7) is 4.39. The molecule has 4 heteroatoms. The van der Waals surface area contributed by atoms with Gasteiger partial charge in [0.05, 0.1) is 6.61 Å². The van der Waals surface area contributed by atoms with E-state index in [2.05, 4.69) is 0 Å². The Morgan fingerprint density at radius 2 is 1.94 bits per heavy atom. The van der Waals surface area contributed by atoms with Gasteiger partial charge in [0.2, 0.25) is 6.04 Å². The molecule has 4 nitrogen and oxygen atoms in total. The molecule has 1 atom stereocenters. The Labute approximate surface area is 95.4 Å². The summed E-state index contributed by atoms with van der Waals surface area (Å²) in [6.07, 6.45) is 1.04. The van der Waals surface area contributed by atoms with Crippen LogP contribution in [0.25, 0.3) is 0 Å². The standard InChI is InChI=1S/C12H17NO3/c1-3-11(13(14)15)9-10-5-7-12(8-6-10)16-4-2/h5-8,11H,3-4,9H2,1-2H3. The van der Waals surface area contributed by atoms with Crippen molar-refractivity contribution in [1.82, 2.24) is 0 Å². The average molecular weight is 223 g/mol. The average Bonchev–Trinajstić information content (AvgIpc) is 2.28. The van der Waals surface area contributed by atoms with Gasteiger partial charge in [-0.1, -0.05) is 19.1 Å². The van der Waals surface area contributed by atoms with Crippen LogP contribution < -0.4 is 4.74 Å². The number of nitrogens with zero attached hydrogens (tertiary/aromatic N) is 1. The molecule has 88 valence electrons. The van der Waals surface area contributed by atoms with Crippen LogP contribution in [0, 0.1) is 10.1 Å². The summed E-state index contributed by atoms with van der Waals surface area (Å²) in [5.41, 5.74) is 0.979. The highest BCUT2D eigenvalue weighted by atomic mass is 16.6. The van der Waals surface area contributed by atoms with Gasteiger partial charge in [-0.25, -0.2) is 0 Å². The van der Waals surface area contributed by atoms with Gasteiger partial charge in [0.15, 0.2) is 0 Å². The van der Waals surface area contributed by atoms with Crippen molar-refractivity contribution >= 4 is 0 Å². The first kappa shape index (κ1) is 12.5. The van der Waals surface area contributed by atoms with Crippen molar-refractivity contribution in [2.75, 3.05) is 6.61 Å². The number of hydrogen-bond donors (Lipinski definition) is 0. The summed E-state index contributed by atoms with van der Waals surface area (Å²) < 4.78 is 5.31. The third-order valence-electron chi connectivity index (χ3n) is 2.48. The fraction of sp³-hybridized carbons (Fsp3) is 0.500. The van der Waals surface area contributed by atoms with Gasteiger partial charge in [-0.2, -0.15) is 0 Å². The minimum absolute atomic E-state index is 0.212. The Kier molecular flexibility index (Phi) is 4.76. The van der Waals surface area contributed by atoms with Crippen LogP contribution in [-0.4, -0.2) is 17.6 Å². The minimum Gasteiger partial charge on any atom is -0.494 e. The topological polar surface area (TPSA) is 52.4 Å². The molecule has 16 heavy (non-hydrogen) atoms. The van der Waals surface area contributed by atoms with Crippen molar-refractivity contribution in [2.24, 2.45) is 0 Å². The molecule has 0 aliphatic heterocycles. The predicted molar refractivity (Wildman–Crippen MR) is 62.4 cm³/mol. The van der Waals surface area contributed by atoms with Gasteiger partial charge < -0.3 is 4.74 Å². The molecule has 0 saturated carbocycles. The van der Waals surface area contributed by atoms with Crippen LogP contribution in [0.1, 0.15) is 25.8 Å². The van der Waals surface area contributed by atoms with Gasteiger partial charge in [0.25, 0.3) is 0 Å². The van der Waals surface area contributed by atoms with E-state index in [4.69, 9.17) is 4.74 Å². The van der Waals surface area contributed by atoms with Crippen LogP contribution in [0.4, 0.5) is 0 Å². The van der Waals surface area contributed by atoms with Crippen molar-refractivity contribution in [3.05, 3.63) is 39.9 Å². The van der Waals surface area contributed by atoms with E-state index in [1.54, 1.807) is 0 Å². The number of benzene rings is 1. The number of rotatable bonds is 6. The first-order valence-electron chi connectivity index (χ1n) is 5.52. The Morgan fingerprint density at radius 1 is 1.31 bits per heavy atom. The van der Waals surface area contributed by atoms with E-state index in [0.717, 1.165) is 11.3 Å². The molecule has 0 spiro atoms. The SMILES string of the molecule is CCOc1ccc(CC(CC)[N+](=O)[O-])cc1. The zero-order valence-corrected chi connectivity index (χ0v) is 9.68. The van der Waals surface area contributed by atoms with Crippen LogP contribution in [0.3, 0.4) is 0 Å². The molecule has 0 aliphatic rings. The second kappa shape index (κ2) is 6.10. The van der Waals surface area contributed by atoms with E-state index in [-0.39, 0.29) is 4.92 Å². The van der Waals surface area contributed by atoms with Gasteiger partial charge in [-0.3, -0.25) is 10.1 Å². The molecule has 1 aromatic rings. The summed E-state index contributed by atoms with van der Waals surface area (Å²) in [5.74, 6) is 0.806. The van der Waals surface area contributed by atoms with Crippen molar-refractivity contribution in [3.63, 3.8) is 0 Å². The molecule has 0 aromatic heterocycles. The lowest BCUT2D eigenvalue weighted by molar-refractivity contribution is -0.522. The second-order valence-corrected chi connectivity index (χ2v) is 3.63. The van der Waals surface area contributed by atoms with Crippen LogP contribution in [0.2, 0.25) is 0 Å². The van der Waals surface area contributed by atoms with Gasteiger partial charge in [0.1, 0.15) is 5.75 Å². The number of hydrogen-bond acceptors (Lipinski definition) is 3. The van der Waals surface area contributed by atoms with Gasteiger partial charge in [0, 0.05) is 17.8 Å². The van der Waals surface area contributed by atoms with Crippen LogP contribution in [0.15, 0.2) is 24.3 Å². The Bertz CT molecular complexity index is 335. The van der Waals surface area contributed by atoms with Gasteiger partial charge in [-0.05, 0) is 24.6 Å². The molecular formula is C12H17NO3. The molecule has 0 aliphatic carbocycles. The van der Waals surface area contributed by atoms with Crippen molar-refractivity contribution in [1.29, 1.82) is 0 Å². The molecule has 0 radical (unpaired) electrons. The molecular weight excluding hydrogens is 206 g/mol. The molecule has 0 amide bonds.